The molecule has 1 spiro atoms. The molecule has 1 unspecified atom stereocenters. The maximum Gasteiger partial charge on any atom is 0.325 e. The zero-order chi connectivity index (χ0) is 17.5. The SMILES string of the molecule is Cc1cc(C(C)NC(=O)CN2C(=O)NC3(CCCC3)C2=O)c(C)s1. The number of amides is 4. The minimum atomic E-state index is -0.760. The van der Waals surface area contributed by atoms with Crippen molar-refractivity contribution in [1.82, 2.24) is 15.5 Å². The molecule has 2 heterocycles. The van der Waals surface area contributed by atoms with Crippen molar-refractivity contribution >= 4 is 29.2 Å². The van der Waals surface area contributed by atoms with Gasteiger partial charge >= 0.3 is 6.03 Å². The van der Waals surface area contributed by atoms with Crippen LogP contribution in [0.5, 0.6) is 0 Å². The molecule has 3 rings (SSSR count). The highest BCUT2D eigenvalue weighted by molar-refractivity contribution is 7.12. The van der Waals surface area contributed by atoms with Gasteiger partial charge in [0.15, 0.2) is 0 Å². The molecule has 1 aromatic rings. The number of carbonyl (C=O) groups excluding carboxylic acids is 3. The molecule has 4 amide bonds. The van der Waals surface area contributed by atoms with Crippen molar-refractivity contribution in [3.8, 4) is 0 Å². The van der Waals surface area contributed by atoms with E-state index in [1.165, 1.54) is 9.75 Å². The number of carbonyl (C=O) groups is 3. The lowest BCUT2D eigenvalue weighted by Crippen LogP contribution is -2.45. The fourth-order valence-electron chi connectivity index (χ4n) is 3.73. The van der Waals surface area contributed by atoms with Gasteiger partial charge in [-0.15, -0.1) is 11.3 Å². The Labute approximate surface area is 145 Å². The fourth-order valence-corrected chi connectivity index (χ4v) is 4.75. The molecule has 0 bridgehead atoms. The standard InChI is InChI=1S/C17H23N3O3S/c1-10-8-13(12(3)24-10)11(2)18-14(21)9-20-15(22)17(19-16(20)23)6-4-5-7-17/h8,11H,4-7,9H2,1-3H3,(H,18,21)(H,19,23). The number of nitrogens with zero attached hydrogens (tertiary/aromatic N) is 1. The van der Waals surface area contributed by atoms with E-state index in [4.69, 9.17) is 0 Å². The van der Waals surface area contributed by atoms with Crippen LogP contribution < -0.4 is 10.6 Å². The molecule has 2 fully saturated rings. The number of imide groups is 1. The second kappa shape index (κ2) is 6.20. The highest BCUT2D eigenvalue weighted by atomic mass is 32.1. The van der Waals surface area contributed by atoms with Gasteiger partial charge in [0.05, 0.1) is 6.04 Å². The van der Waals surface area contributed by atoms with Gasteiger partial charge in [-0.2, -0.15) is 0 Å². The predicted molar refractivity (Wildman–Crippen MR) is 91.8 cm³/mol. The van der Waals surface area contributed by atoms with Crippen LogP contribution >= 0.6 is 11.3 Å². The van der Waals surface area contributed by atoms with Crippen LogP contribution in [0.15, 0.2) is 6.07 Å². The summed E-state index contributed by atoms with van der Waals surface area (Å²) >= 11 is 1.69. The molecule has 1 saturated carbocycles. The minimum absolute atomic E-state index is 0.149. The third kappa shape index (κ3) is 2.92. The van der Waals surface area contributed by atoms with Crippen LogP contribution in [0.3, 0.4) is 0 Å². The van der Waals surface area contributed by atoms with Gasteiger partial charge in [-0.1, -0.05) is 12.8 Å². The molecule has 1 aromatic heterocycles. The van der Waals surface area contributed by atoms with Gasteiger partial charge in [-0.25, -0.2) is 4.79 Å². The van der Waals surface area contributed by atoms with Gasteiger partial charge in [0.2, 0.25) is 5.91 Å². The van der Waals surface area contributed by atoms with Gasteiger partial charge in [0, 0.05) is 9.75 Å². The summed E-state index contributed by atoms with van der Waals surface area (Å²) in [6.45, 7) is 5.75. The van der Waals surface area contributed by atoms with Crippen LogP contribution in [0, 0.1) is 13.8 Å². The van der Waals surface area contributed by atoms with Gasteiger partial charge in [-0.05, 0) is 45.2 Å². The normalized spacial score (nSPS) is 20.5. The third-order valence-electron chi connectivity index (χ3n) is 4.93. The van der Waals surface area contributed by atoms with Gasteiger partial charge < -0.3 is 10.6 Å². The Morgan fingerprint density at radius 2 is 2.04 bits per heavy atom. The van der Waals surface area contributed by atoms with Crippen molar-refractivity contribution < 1.29 is 14.4 Å². The summed E-state index contributed by atoms with van der Waals surface area (Å²) in [7, 11) is 0. The number of thiophene rings is 1. The number of hydrogen-bond donors (Lipinski definition) is 2. The van der Waals surface area contributed by atoms with E-state index in [2.05, 4.69) is 16.7 Å². The van der Waals surface area contributed by atoms with Gasteiger partial charge in [-0.3, -0.25) is 14.5 Å². The lowest BCUT2D eigenvalue weighted by Gasteiger charge is -2.20. The van der Waals surface area contributed by atoms with Crippen molar-refractivity contribution in [2.24, 2.45) is 0 Å². The molecule has 1 aliphatic carbocycles. The van der Waals surface area contributed by atoms with Crippen LogP contribution in [0.4, 0.5) is 4.79 Å². The monoisotopic (exact) mass is 349 g/mol. The Bertz CT molecular complexity index is 691. The Morgan fingerprint density at radius 1 is 1.38 bits per heavy atom. The van der Waals surface area contributed by atoms with E-state index in [9.17, 15) is 14.4 Å². The highest BCUT2D eigenvalue weighted by Gasteiger charge is 2.52. The van der Waals surface area contributed by atoms with E-state index in [0.717, 1.165) is 23.3 Å². The van der Waals surface area contributed by atoms with E-state index >= 15 is 0 Å². The van der Waals surface area contributed by atoms with E-state index < -0.39 is 11.6 Å². The maximum atomic E-state index is 12.6. The fraction of sp³-hybridized carbons (Fsp3) is 0.588. The molecular formula is C17H23N3O3S. The molecule has 1 atom stereocenters. The minimum Gasteiger partial charge on any atom is -0.348 e. The summed E-state index contributed by atoms with van der Waals surface area (Å²) in [4.78, 5) is 40.4. The Kier molecular flexibility index (Phi) is 4.38. The van der Waals surface area contributed by atoms with Crippen LogP contribution in [0.2, 0.25) is 0 Å². The molecule has 2 aliphatic rings. The second-order valence-corrected chi connectivity index (χ2v) is 8.23. The Morgan fingerprint density at radius 3 is 2.62 bits per heavy atom. The average molecular weight is 349 g/mol. The van der Waals surface area contributed by atoms with E-state index in [-0.39, 0.29) is 24.4 Å². The zero-order valence-electron chi connectivity index (χ0n) is 14.3. The first-order chi connectivity index (χ1) is 11.3. The van der Waals surface area contributed by atoms with E-state index in [0.29, 0.717) is 12.8 Å². The molecule has 24 heavy (non-hydrogen) atoms. The summed E-state index contributed by atoms with van der Waals surface area (Å²) in [5.41, 5.74) is 0.319. The lowest BCUT2D eigenvalue weighted by molar-refractivity contribution is -0.135. The summed E-state index contributed by atoms with van der Waals surface area (Å²) in [5, 5.41) is 5.68. The number of rotatable bonds is 4. The van der Waals surface area contributed by atoms with Crippen LogP contribution in [-0.2, 0) is 9.59 Å². The Balaban J connectivity index is 1.63. The highest BCUT2D eigenvalue weighted by Crippen LogP contribution is 2.35. The van der Waals surface area contributed by atoms with Crippen molar-refractivity contribution in [2.45, 2.75) is 58.0 Å². The van der Waals surface area contributed by atoms with Gasteiger partial charge in [0.1, 0.15) is 12.1 Å². The van der Waals surface area contributed by atoms with Gasteiger partial charge in [0.25, 0.3) is 5.91 Å². The van der Waals surface area contributed by atoms with Crippen molar-refractivity contribution in [2.75, 3.05) is 6.54 Å². The summed E-state index contributed by atoms with van der Waals surface area (Å²) in [5.74, 6) is -0.570. The number of urea groups is 1. The van der Waals surface area contributed by atoms with Crippen molar-refractivity contribution in [1.29, 1.82) is 0 Å². The van der Waals surface area contributed by atoms with E-state index in [1.54, 1.807) is 11.3 Å². The Hall–Kier alpha value is -1.89. The molecule has 7 heteroatoms. The number of aryl methyl sites for hydroxylation is 2. The zero-order valence-corrected chi connectivity index (χ0v) is 15.1. The molecule has 0 radical (unpaired) electrons. The molecule has 2 N–H and O–H groups in total. The maximum absolute atomic E-state index is 12.6. The van der Waals surface area contributed by atoms with Crippen LogP contribution in [0.25, 0.3) is 0 Å². The van der Waals surface area contributed by atoms with E-state index in [1.807, 2.05) is 20.8 Å². The van der Waals surface area contributed by atoms with Crippen molar-refractivity contribution in [3.63, 3.8) is 0 Å². The summed E-state index contributed by atoms with van der Waals surface area (Å²) < 4.78 is 0. The first-order valence-electron chi connectivity index (χ1n) is 8.33. The second-order valence-electron chi connectivity index (χ2n) is 6.77. The summed E-state index contributed by atoms with van der Waals surface area (Å²) in [6.07, 6.45) is 3.19. The average Bonchev–Trinajstić information content (AvgIpc) is 3.16. The van der Waals surface area contributed by atoms with Crippen molar-refractivity contribution in [3.05, 3.63) is 21.4 Å². The molecule has 1 saturated heterocycles. The largest absolute Gasteiger partial charge is 0.348 e. The molecule has 1 aliphatic heterocycles. The number of hydrogen-bond acceptors (Lipinski definition) is 4. The molecule has 0 aromatic carbocycles. The molecule has 6 nitrogen and oxygen atoms in total. The first-order valence-corrected chi connectivity index (χ1v) is 9.14. The lowest BCUT2D eigenvalue weighted by atomic mass is 9.98. The van der Waals surface area contributed by atoms with Crippen LogP contribution in [-0.4, -0.2) is 34.8 Å². The molecule has 130 valence electrons. The smallest absolute Gasteiger partial charge is 0.325 e. The van der Waals surface area contributed by atoms with Crippen LogP contribution in [0.1, 0.15) is 54.0 Å². The topological polar surface area (TPSA) is 78.5 Å². The first kappa shape index (κ1) is 17.0. The number of nitrogens with one attached hydrogen (secondary N) is 2. The predicted octanol–water partition coefficient (Wildman–Crippen LogP) is 2.41. The quantitative estimate of drug-likeness (QED) is 0.820. The summed E-state index contributed by atoms with van der Waals surface area (Å²) in [6, 6.07) is 1.46. The third-order valence-corrected chi connectivity index (χ3v) is 5.91. The molecular weight excluding hydrogens is 326 g/mol.